The van der Waals surface area contributed by atoms with E-state index in [0.29, 0.717) is 12.2 Å². The predicted molar refractivity (Wildman–Crippen MR) is 72.2 cm³/mol. The minimum Gasteiger partial charge on any atom is -0.481 e. The van der Waals surface area contributed by atoms with Crippen molar-refractivity contribution in [3.8, 4) is 0 Å². The molecule has 102 valence electrons. The molecule has 0 aromatic carbocycles. The van der Waals surface area contributed by atoms with Crippen LogP contribution in [0.2, 0.25) is 0 Å². The van der Waals surface area contributed by atoms with Gasteiger partial charge in [0.1, 0.15) is 0 Å². The number of aryl methyl sites for hydroxylation is 1. The summed E-state index contributed by atoms with van der Waals surface area (Å²) in [7, 11) is 1.76. The lowest BCUT2D eigenvalue weighted by molar-refractivity contribution is -0.137. The number of unbranched alkanes of at least 4 members (excludes halogenated alkanes) is 2. The molecule has 0 bridgehead atoms. The SMILES string of the molecule is C=C(C=CC=CCCCCC(=O)O)c1nnnn1C. The largest absolute Gasteiger partial charge is 0.481 e. The molecule has 1 N–H and O–H groups in total. The standard InChI is InChI=1S/C13H18N4O2/c1-11(13-14-15-16-17(13)2)9-7-5-3-4-6-8-10-12(18)19/h3,5,7,9H,1,4,6,8,10H2,2H3,(H,18,19). The Morgan fingerprint density at radius 1 is 1.42 bits per heavy atom. The molecule has 0 aliphatic rings. The summed E-state index contributed by atoms with van der Waals surface area (Å²) in [5.41, 5.74) is 0.739. The zero-order valence-corrected chi connectivity index (χ0v) is 11.0. The molecular weight excluding hydrogens is 244 g/mol. The van der Waals surface area contributed by atoms with Crippen LogP contribution in [0.1, 0.15) is 31.5 Å². The van der Waals surface area contributed by atoms with Gasteiger partial charge in [-0.25, -0.2) is 4.68 Å². The van der Waals surface area contributed by atoms with Crippen LogP contribution in [-0.4, -0.2) is 31.3 Å². The zero-order chi connectivity index (χ0) is 14.1. The van der Waals surface area contributed by atoms with Gasteiger partial charge in [-0.1, -0.05) is 30.9 Å². The van der Waals surface area contributed by atoms with E-state index in [1.54, 1.807) is 11.7 Å². The molecule has 1 heterocycles. The van der Waals surface area contributed by atoms with E-state index in [9.17, 15) is 4.79 Å². The Morgan fingerprint density at radius 3 is 2.84 bits per heavy atom. The molecule has 1 aromatic heterocycles. The molecule has 1 rings (SSSR count). The van der Waals surface area contributed by atoms with Crippen molar-refractivity contribution in [1.29, 1.82) is 0 Å². The van der Waals surface area contributed by atoms with Gasteiger partial charge in [0.05, 0.1) is 0 Å². The van der Waals surface area contributed by atoms with Crippen molar-refractivity contribution in [1.82, 2.24) is 20.2 Å². The topological polar surface area (TPSA) is 80.9 Å². The van der Waals surface area contributed by atoms with Crippen molar-refractivity contribution in [3.05, 3.63) is 36.7 Å². The highest BCUT2D eigenvalue weighted by Crippen LogP contribution is 2.08. The number of rotatable bonds is 8. The van der Waals surface area contributed by atoms with Crippen LogP contribution in [-0.2, 0) is 11.8 Å². The third-order valence-electron chi connectivity index (χ3n) is 2.46. The number of carboxylic acid groups (broad SMARTS) is 1. The first-order valence-electron chi connectivity index (χ1n) is 6.08. The average molecular weight is 262 g/mol. The first kappa shape index (κ1) is 14.8. The smallest absolute Gasteiger partial charge is 0.303 e. The van der Waals surface area contributed by atoms with Gasteiger partial charge in [-0.2, -0.15) is 0 Å². The van der Waals surface area contributed by atoms with E-state index >= 15 is 0 Å². The van der Waals surface area contributed by atoms with Crippen LogP contribution < -0.4 is 0 Å². The molecule has 0 saturated carbocycles. The Labute approximate surface area is 112 Å². The average Bonchev–Trinajstić information content (AvgIpc) is 2.78. The van der Waals surface area contributed by atoms with Crippen molar-refractivity contribution >= 4 is 11.5 Å². The fourth-order valence-corrected chi connectivity index (χ4v) is 1.46. The lowest BCUT2D eigenvalue weighted by Gasteiger charge is -1.95. The molecule has 0 aliphatic heterocycles. The van der Waals surface area contributed by atoms with Crippen LogP contribution in [0, 0.1) is 0 Å². The maximum Gasteiger partial charge on any atom is 0.303 e. The van der Waals surface area contributed by atoms with Gasteiger partial charge in [0.25, 0.3) is 0 Å². The van der Waals surface area contributed by atoms with E-state index in [-0.39, 0.29) is 6.42 Å². The van der Waals surface area contributed by atoms with Crippen molar-refractivity contribution in [2.24, 2.45) is 7.05 Å². The monoisotopic (exact) mass is 262 g/mol. The maximum absolute atomic E-state index is 10.3. The summed E-state index contributed by atoms with van der Waals surface area (Å²) in [5.74, 6) is -0.108. The third-order valence-corrected chi connectivity index (χ3v) is 2.46. The van der Waals surface area contributed by atoms with Crippen LogP contribution >= 0.6 is 0 Å². The number of allylic oxidation sites excluding steroid dienone is 5. The Balaban J connectivity index is 2.25. The van der Waals surface area contributed by atoms with Gasteiger partial charge in [-0.15, -0.1) is 5.10 Å². The van der Waals surface area contributed by atoms with Crippen molar-refractivity contribution in [2.45, 2.75) is 25.7 Å². The van der Waals surface area contributed by atoms with Crippen molar-refractivity contribution in [3.63, 3.8) is 0 Å². The minimum atomic E-state index is -0.738. The minimum absolute atomic E-state index is 0.236. The van der Waals surface area contributed by atoms with Crippen LogP contribution in [0.4, 0.5) is 0 Å². The Morgan fingerprint density at radius 2 is 2.21 bits per heavy atom. The van der Waals surface area contributed by atoms with Crippen molar-refractivity contribution in [2.75, 3.05) is 0 Å². The molecule has 0 atom stereocenters. The molecule has 0 aliphatic carbocycles. The summed E-state index contributed by atoms with van der Waals surface area (Å²) in [6.45, 7) is 3.88. The summed E-state index contributed by atoms with van der Waals surface area (Å²) in [6, 6.07) is 0. The van der Waals surface area contributed by atoms with Crippen LogP contribution in [0.15, 0.2) is 30.9 Å². The van der Waals surface area contributed by atoms with Gasteiger partial charge in [0, 0.05) is 19.0 Å². The molecule has 0 amide bonds. The molecule has 0 unspecified atom stereocenters. The summed E-state index contributed by atoms with van der Waals surface area (Å²) in [4.78, 5) is 10.3. The molecule has 6 heteroatoms. The second kappa shape index (κ2) is 7.97. The quantitative estimate of drug-likeness (QED) is 0.572. The predicted octanol–water partition coefficient (Wildman–Crippen LogP) is 1.98. The molecule has 0 fully saturated rings. The van der Waals surface area contributed by atoms with E-state index < -0.39 is 5.97 Å². The van der Waals surface area contributed by atoms with Gasteiger partial charge in [-0.3, -0.25) is 4.79 Å². The Bertz CT molecular complexity index is 489. The number of tetrazole rings is 1. The molecule has 0 saturated heterocycles. The lowest BCUT2D eigenvalue weighted by Crippen LogP contribution is -1.96. The number of carbonyl (C=O) groups is 1. The third kappa shape index (κ3) is 5.76. The van der Waals surface area contributed by atoms with Gasteiger partial charge in [-0.05, 0) is 29.7 Å². The Hall–Kier alpha value is -2.24. The highest BCUT2D eigenvalue weighted by molar-refractivity contribution is 5.67. The van der Waals surface area contributed by atoms with Crippen LogP contribution in [0.5, 0.6) is 0 Å². The van der Waals surface area contributed by atoms with E-state index in [1.807, 2.05) is 24.3 Å². The van der Waals surface area contributed by atoms with Crippen molar-refractivity contribution < 1.29 is 9.90 Å². The first-order chi connectivity index (χ1) is 9.11. The number of aliphatic carboxylic acids is 1. The second-order valence-electron chi connectivity index (χ2n) is 4.08. The lowest BCUT2D eigenvalue weighted by atomic mass is 10.2. The van der Waals surface area contributed by atoms with Crippen LogP contribution in [0.3, 0.4) is 0 Å². The molecule has 0 spiro atoms. The molecular formula is C13H18N4O2. The number of hydrogen-bond acceptors (Lipinski definition) is 4. The summed E-state index contributed by atoms with van der Waals surface area (Å²) in [6.07, 6.45) is 10.3. The molecule has 6 nitrogen and oxygen atoms in total. The second-order valence-corrected chi connectivity index (χ2v) is 4.08. The first-order valence-corrected chi connectivity index (χ1v) is 6.08. The summed E-state index contributed by atoms with van der Waals surface area (Å²) < 4.78 is 1.56. The summed E-state index contributed by atoms with van der Waals surface area (Å²) >= 11 is 0. The normalized spacial score (nSPS) is 11.4. The number of nitrogens with zero attached hydrogens (tertiary/aromatic N) is 4. The number of hydrogen-bond donors (Lipinski definition) is 1. The molecule has 0 radical (unpaired) electrons. The van der Waals surface area contributed by atoms with Gasteiger partial charge >= 0.3 is 5.97 Å². The van der Waals surface area contributed by atoms with E-state index in [0.717, 1.165) is 18.4 Å². The van der Waals surface area contributed by atoms with E-state index in [4.69, 9.17) is 5.11 Å². The van der Waals surface area contributed by atoms with E-state index in [2.05, 4.69) is 22.1 Å². The fraction of sp³-hybridized carbons (Fsp3) is 0.385. The maximum atomic E-state index is 10.3. The van der Waals surface area contributed by atoms with Gasteiger partial charge in [0.2, 0.25) is 0 Å². The van der Waals surface area contributed by atoms with Gasteiger partial charge < -0.3 is 5.11 Å². The highest BCUT2D eigenvalue weighted by Gasteiger charge is 2.02. The highest BCUT2D eigenvalue weighted by atomic mass is 16.4. The van der Waals surface area contributed by atoms with E-state index in [1.165, 1.54) is 0 Å². The molecule has 19 heavy (non-hydrogen) atoms. The molecule has 1 aromatic rings. The fourth-order valence-electron chi connectivity index (χ4n) is 1.46. The van der Waals surface area contributed by atoms with Gasteiger partial charge in [0.15, 0.2) is 5.82 Å². The zero-order valence-electron chi connectivity index (χ0n) is 11.0. The summed E-state index contributed by atoms with van der Waals surface area (Å²) in [5, 5.41) is 19.6. The Kier molecular flexibility index (Phi) is 6.21. The van der Waals surface area contributed by atoms with Crippen LogP contribution in [0.25, 0.3) is 5.57 Å². The number of aromatic nitrogens is 4. The number of carboxylic acids is 1.